The first-order chi connectivity index (χ1) is 16.1. The molecule has 1 saturated heterocycles. The number of halogens is 3. The topological polar surface area (TPSA) is 102 Å². The average molecular weight is 474 g/mol. The molecule has 0 spiro atoms. The Morgan fingerprint density at radius 2 is 2.06 bits per heavy atom. The molecular weight excluding hydrogens is 447 g/mol. The number of benzene rings is 1. The van der Waals surface area contributed by atoms with Crippen LogP contribution in [-0.4, -0.2) is 50.9 Å². The van der Waals surface area contributed by atoms with Gasteiger partial charge in [0.15, 0.2) is 0 Å². The summed E-state index contributed by atoms with van der Waals surface area (Å²) >= 11 is 0. The quantitative estimate of drug-likeness (QED) is 0.501. The maximum Gasteiger partial charge on any atom is 0.397 e. The fraction of sp³-hybridized carbons (Fsp3) is 0.435. The number of H-pyrrole nitrogens is 1. The minimum Gasteiger partial charge on any atom is -0.366 e. The number of hydrogen-bond donors (Lipinski definition) is 3. The molecule has 3 N–H and O–H groups in total. The van der Waals surface area contributed by atoms with Crippen LogP contribution >= 0.6 is 0 Å². The number of carbonyl (C=O) groups excluding carboxylic acids is 1. The van der Waals surface area contributed by atoms with Gasteiger partial charge in [-0.2, -0.15) is 23.5 Å². The summed E-state index contributed by atoms with van der Waals surface area (Å²) in [6, 6.07) is 8.22. The zero-order valence-electron chi connectivity index (χ0n) is 19.0. The summed E-state index contributed by atoms with van der Waals surface area (Å²) in [5, 5.41) is 19.9. The van der Waals surface area contributed by atoms with Crippen LogP contribution in [0.5, 0.6) is 0 Å². The van der Waals surface area contributed by atoms with Gasteiger partial charge in [-0.25, -0.2) is 0 Å². The molecule has 8 nitrogen and oxygen atoms in total. The van der Waals surface area contributed by atoms with Crippen LogP contribution in [0.3, 0.4) is 0 Å². The van der Waals surface area contributed by atoms with Gasteiger partial charge in [0.25, 0.3) is 0 Å². The van der Waals surface area contributed by atoms with Crippen LogP contribution in [0.15, 0.2) is 24.4 Å². The number of nitrogens with one attached hydrogen (secondary N) is 3. The maximum absolute atomic E-state index is 12.5. The smallest absolute Gasteiger partial charge is 0.366 e. The number of rotatable bonds is 6. The third-order valence-electron chi connectivity index (χ3n) is 6.20. The average Bonchev–Trinajstić information content (AvgIpc) is 3.35. The highest BCUT2D eigenvalue weighted by Crippen LogP contribution is 2.28. The van der Waals surface area contributed by atoms with Gasteiger partial charge in [0.1, 0.15) is 29.7 Å². The number of piperidine rings is 1. The second kappa shape index (κ2) is 9.38. The molecule has 1 amide bonds. The summed E-state index contributed by atoms with van der Waals surface area (Å²) in [4.78, 5) is 17.2. The molecule has 1 fully saturated rings. The first kappa shape index (κ1) is 23.6. The standard InChI is InChI=1S/C23H26F3N7O/c1-14-15(3-4-19-18(14)9-17(11-27)29-19)13-33-7-5-16(6-8-33)30-22-20(12-28-32(22)2)31-21(34)10-23(24,25)26/h3-4,9,12,16,29-30H,5-8,10,13H2,1-2H3,(H,31,34). The highest BCUT2D eigenvalue weighted by atomic mass is 19.4. The molecule has 11 heteroatoms. The molecule has 0 saturated carbocycles. The summed E-state index contributed by atoms with van der Waals surface area (Å²) in [6.45, 7) is 4.56. The molecule has 1 aliphatic rings. The Morgan fingerprint density at radius 3 is 2.74 bits per heavy atom. The molecule has 0 bridgehead atoms. The minimum absolute atomic E-state index is 0.108. The van der Waals surface area contributed by atoms with E-state index in [9.17, 15) is 18.0 Å². The number of aromatic amines is 1. The predicted molar refractivity (Wildman–Crippen MR) is 122 cm³/mol. The largest absolute Gasteiger partial charge is 0.397 e. The van der Waals surface area contributed by atoms with E-state index in [0.29, 0.717) is 11.5 Å². The monoisotopic (exact) mass is 473 g/mol. The Balaban J connectivity index is 1.35. The van der Waals surface area contributed by atoms with Gasteiger partial charge in [0, 0.05) is 43.6 Å². The van der Waals surface area contributed by atoms with Crippen molar-refractivity contribution >= 4 is 28.3 Å². The number of fused-ring (bicyclic) bond motifs is 1. The van der Waals surface area contributed by atoms with Gasteiger partial charge in [0.2, 0.25) is 5.91 Å². The van der Waals surface area contributed by atoms with Crippen molar-refractivity contribution in [1.29, 1.82) is 5.26 Å². The number of alkyl halides is 3. The minimum atomic E-state index is -4.56. The Labute approximate surface area is 194 Å². The van der Waals surface area contributed by atoms with Crippen molar-refractivity contribution < 1.29 is 18.0 Å². The fourth-order valence-corrected chi connectivity index (χ4v) is 4.37. The number of hydrogen-bond acceptors (Lipinski definition) is 5. The third kappa shape index (κ3) is 5.34. The number of nitriles is 1. The van der Waals surface area contributed by atoms with Gasteiger partial charge >= 0.3 is 6.18 Å². The first-order valence-electron chi connectivity index (χ1n) is 11.0. The fourth-order valence-electron chi connectivity index (χ4n) is 4.37. The summed E-state index contributed by atoms with van der Waals surface area (Å²) in [5.41, 5.74) is 4.11. The molecule has 0 unspecified atom stereocenters. The number of likely N-dealkylation sites (tertiary alicyclic amines) is 1. The summed E-state index contributed by atoms with van der Waals surface area (Å²) in [5.74, 6) is -0.619. The van der Waals surface area contributed by atoms with Gasteiger partial charge in [-0.15, -0.1) is 0 Å². The van der Waals surface area contributed by atoms with Gasteiger partial charge < -0.3 is 15.6 Å². The molecule has 1 aliphatic heterocycles. The molecular formula is C23H26F3N7O. The van der Waals surface area contributed by atoms with Crippen molar-refractivity contribution in [3.05, 3.63) is 41.2 Å². The normalized spacial score (nSPS) is 15.4. The summed E-state index contributed by atoms with van der Waals surface area (Å²) in [6.07, 6.45) is -3.07. The van der Waals surface area contributed by atoms with Crippen LogP contribution < -0.4 is 10.6 Å². The van der Waals surface area contributed by atoms with E-state index < -0.39 is 18.5 Å². The zero-order valence-corrected chi connectivity index (χ0v) is 19.0. The molecule has 3 heterocycles. The molecule has 34 heavy (non-hydrogen) atoms. The number of amides is 1. The van der Waals surface area contributed by atoms with E-state index in [4.69, 9.17) is 5.26 Å². The predicted octanol–water partition coefficient (Wildman–Crippen LogP) is 4.05. The first-order valence-corrected chi connectivity index (χ1v) is 11.0. The maximum atomic E-state index is 12.5. The molecule has 4 rings (SSSR count). The lowest BCUT2D eigenvalue weighted by molar-refractivity contribution is -0.150. The van der Waals surface area contributed by atoms with Gasteiger partial charge in [-0.3, -0.25) is 14.4 Å². The highest BCUT2D eigenvalue weighted by molar-refractivity contribution is 5.93. The lowest BCUT2D eigenvalue weighted by Gasteiger charge is -2.33. The lowest BCUT2D eigenvalue weighted by atomic mass is 10.0. The zero-order chi connectivity index (χ0) is 24.5. The van der Waals surface area contributed by atoms with Crippen LogP contribution in [-0.2, 0) is 18.4 Å². The van der Waals surface area contributed by atoms with E-state index in [2.05, 4.69) is 44.7 Å². The molecule has 2 aromatic heterocycles. The molecule has 3 aromatic rings. The second-order valence-corrected chi connectivity index (χ2v) is 8.67. The van der Waals surface area contributed by atoms with E-state index in [1.54, 1.807) is 7.05 Å². The van der Waals surface area contributed by atoms with Crippen LogP contribution in [0, 0.1) is 18.3 Å². The Hall–Kier alpha value is -3.52. The van der Waals surface area contributed by atoms with Gasteiger partial charge in [0.05, 0.1) is 6.20 Å². The molecule has 180 valence electrons. The van der Waals surface area contributed by atoms with Gasteiger partial charge in [-0.05, 0) is 43.0 Å². The van der Waals surface area contributed by atoms with Crippen molar-refractivity contribution in [2.45, 2.75) is 44.9 Å². The SMILES string of the molecule is Cc1c(CN2CCC(Nc3c(NC(=O)CC(F)(F)F)cnn3C)CC2)ccc2[nH]c(C#N)cc12. The summed E-state index contributed by atoms with van der Waals surface area (Å²) in [7, 11) is 1.68. The lowest BCUT2D eigenvalue weighted by Crippen LogP contribution is -2.39. The van der Waals surface area contributed by atoms with E-state index in [0.717, 1.165) is 48.9 Å². The van der Waals surface area contributed by atoms with E-state index in [1.165, 1.54) is 16.4 Å². The van der Waals surface area contributed by atoms with Crippen molar-refractivity contribution in [1.82, 2.24) is 19.7 Å². The van der Waals surface area contributed by atoms with E-state index >= 15 is 0 Å². The van der Waals surface area contributed by atoms with Gasteiger partial charge in [-0.1, -0.05) is 6.07 Å². The van der Waals surface area contributed by atoms with Crippen LogP contribution in [0.2, 0.25) is 0 Å². The number of carbonyl (C=O) groups is 1. The Kier molecular flexibility index (Phi) is 6.52. The third-order valence-corrected chi connectivity index (χ3v) is 6.20. The second-order valence-electron chi connectivity index (χ2n) is 8.67. The Bertz CT molecular complexity index is 1230. The molecule has 0 atom stereocenters. The van der Waals surface area contributed by atoms with Crippen molar-refractivity contribution in [3.63, 3.8) is 0 Å². The number of nitrogens with zero attached hydrogens (tertiary/aromatic N) is 4. The van der Waals surface area contributed by atoms with Crippen LogP contribution in [0.1, 0.15) is 36.1 Å². The van der Waals surface area contributed by atoms with Crippen molar-refractivity contribution in [2.75, 3.05) is 23.7 Å². The van der Waals surface area contributed by atoms with E-state index in [-0.39, 0.29) is 11.7 Å². The molecule has 1 aromatic carbocycles. The molecule has 0 aliphatic carbocycles. The number of aryl methyl sites for hydroxylation is 2. The van der Waals surface area contributed by atoms with Crippen molar-refractivity contribution in [2.24, 2.45) is 7.05 Å². The van der Waals surface area contributed by atoms with E-state index in [1.807, 2.05) is 12.1 Å². The van der Waals surface area contributed by atoms with Crippen LogP contribution in [0.25, 0.3) is 10.9 Å². The van der Waals surface area contributed by atoms with Crippen LogP contribution in [0.4, 0.5) is 24.7 Å². The van der Waals surface area contributed by atoms with Crippen molar-refractivity contribution in [3.8, 4) is 6.07 Å². The summed E-state index contributed by atoms with van der Waals surface area (Å²) < 4.78 is 39.0. The number of aromatic nitrogens is 3. The number of anilines is 2. The highest BCUT2D eigenvalue weighted by Gasteiger charge is 2.32. The Morgan fingerprint density at radius 1 is 1.32 bits per heavy atom. The molecule has 0 radical (unpaired) electrons.